The lowest BCUT2D eigenvalue weighted by Gasteiger charge is -2.18. The zero-order valence-electron chi connectivity index (χ0n) is 11.3. The van der Waals surface area contributed by atoms with Gasteiger partial charge in [0.15, 0.2) is 0 Å². The summed E-state index contributed by atoms with van der Waals surface area (Å²) in [6.45, 7) is 5.11. The van der Waals surface area contributed by atoms with Crippen molar-refractivity contribution in [1.82, 2.24) is 10.3 Å². The fourth-order valence-corrected chi connectivity index (χ4v) is 2.47. The maximum atomic E-state index is 6.19. The predicted octanol–water partition coefficient (Wildman–Crippen LogP) is 3.78. The minimum absolute atomic E-state index is 0.221. The quantitative estimate of drug-likeness (QED) is 0.874. The van der Waals surface area contributed by atoms with Crippen molar-refractivity contribution >= 4 is 11.6 Å². The number of aromatic nitrogens is 1. The largest absolute Gasteiger partial charge is 0.469 e. The van der Waals surface area contributed by atoms with E-state index in [1.807, 2.05) is 12.1 Å². The number of nitrogens with one attached hydrogen (secondary N) is 1. The molecule has 0 amide bonds. The summed E-state index contributed by atoms with van der Waals surface area (Å²) in [6.07, 6.45) is 6.96. The zero-order valence-corrected chi connectivity index (χ0v) is 12.1. The van der Waals surface area contributed by atoms with E-state index in [4.69, 9.17) is 16.0 Å². The third-order valence-electron chi connectivity index (χ3n) is 3.21. The van der Waals surface area contributed by atoms with Crippen LogP contribution < -0.4 is 5.32 Å². The summed E-state index contributed by atoms with van der Waals surface area (Å²) < 4.78 is 5.52. The number of hydrogen-bond donors (Lipinski definition) is 1. The molecular formula is C15H19ClN2O. The molecule has 0 aliphatic heterocycles. The van der Waals surface area contributed by atoms with Crippen molar-refractivity contribution in [1.29, 1.82) is 0 Å². The number of pyridine rings is 1. The number of hydrogen-bond acceptors (Lipinski definition) is 3. The Morgan fingerprint density at radius 2 is 2.21 bits per heavy atom. The summed E-state index contributed by atoms with van der Waals surface area (Å²) in [5.41, 5.74) is 2.32. The lowest BCUT2D eigenvalue weighted by atomic mass is 9.99. The molecule has 4 heteroatoms. The van der Waals surface area contributed by atoms with E-state index in [-0.39, 0.29) is 6.04 Å². The summed E-state index contributed by atoms with van der Waals surface area (Å²) in [7, 11) is 0. The number of aryl methyl sites for hydroxylation is 1. The highest BCUT2D eigenvalue weighted by atomic mass is 35.5. The Balaban J connectivity index is 2.24. The summed E-state index contributed by atoms with van der Waals surface area (Å²) in [6, 6.07) is 4.23. The fraction of sp³-hybridized carbons (Fsp3) is 0.400. The van der Waals surface area contributed by atoms with Crippen LogP contribution in [-0.2, 0) is 12.8 Å². The van der Waals surface area contributed by atoms with Crippen LogP contribution in [0.1, 0.15) is 36.8 Å². The molecule has 0 saturated heterocycles. The van der Waals surface area contributed by atoms with Gasteiger partial charge in [-0.25, -0.2) is 0 Å². The van der Waals surface area contributed by atoms with Gasteiger partial charge in [-0.3, -0.25) is 4.98 Å². The highest BCUT2D eigenvalue weighted by Gasteiger charge is 2.17. The maximum absolute atomic E-state index is 6.19. The van der Waals surface area contributed by atoms with Crippen LogP contribution in [-0.4, -0.2) is 11.5 Å². The van der Waals surface area contributed by atoms with Crippen molar-refractivity contribution < 1.29 is 4.42 Å². The number of halogens is 1. The molecule has 2 rings (SSSR count). The normalized spacial score (nSPS) is 12.6. The molecule has 0 spiro atoms. The molecule has 102 valence electrons. The third kappa shape index (κ3) is 3.37. The third-order valence-corrected chi connectivity index (χ3v) is 3.55. The molecule has 0 fully saturated rings. The van der Waals surface area contributed by atoms with Gasteiger partial charge in [0, 0.05) is 30.4 Å². The Morgan fingerprint density at radius 1 is 1.37 bits per heavy atom. The monoisotopic (exact) mass is 278 g/mol. The van der Waals surface area contributed by atoms with Crippen LogP contribution in [0.25, 0.3) is 0 Å². The molecule has 3 nitrogen and oxygen atoms in total. The molecule has 0 aromatic carbocycles. The predicted molar refractivity (Wildman–Crippen MR) is 77.5 cm³/mol. The van der Waals surface area contributed by atoms with E-state index >= 15 is 0 Å². The summed E-state index contributed by atoms with van der Waals surface area (Å²) in [5, 5.41) is 4.21. The minimum atomic E-state index is 0.221. The van der Waals surface area contributed by atoms with Crippen LogP contribution in [0.4, 0.5) is 0 Å². The Labute approximate surface area is 119 Å². The zero-order chi connectivity index (χ0) is 13.7. The second kappa shape index (κ2) is 6.73. The minimum Gasteiger partial charge on any atom is -0.469 e. The lowest BCUT2D eigenvalue weighted by molar-refractivity contribution is 0.487. The van der Waals surface area contributed by atoms with Crippen molar-refractivity contribution in [2.75, 3.05) is 6.54 Å². The molecule has 2 aromatic rings. The smallest absolute Gasteiger partial charge is 0.108 e. The van der Waals surface area contributed by atoms with Gasteiger partial charge < -0.3 is 9.73 Å². The van der Waals surface area contributed by atoms with E-state index < -0.39 is 0 Å². The second-order valence-electron chi connectivity index (χ2n) is 4.43. The van der Waals surface area contributed by atoms with Gasteiger partial charge in [-0.1, -0.05) is 25.4 Å². The van der Waals surface area contributed by atoms with Crippen LogP contribution in [0.15, 0.2) is 35.2 Å². The van der Waals surface area contributed by atoms with Crippen LogP contribution in [0.3, 0.4) is 0 Å². The van der Waals surface area contributed by atoms with Gasteiger partial charge in [0.2, 0.25) is 0 Å². The molecule has 0 bridgehead atoms. The van der Waals surface area contributed by atoms with Crippen molar-refractivity contribution in [2.24, 2.45) is 0 Å². The maximum Gasteiger partial charge on any atom is 0.108 e. The standard InChI is InChI=1S/C15H19ClN2O/c1-3-15-12(6-8-19-15)14(18-4-2)9-11-5-7-17-10-13(11)16/h5-8,10,14,18H,3-4,9H2,1-2H3. The van der Waals surface area contributed by atoms with Gasteiger partial charge in [-0.15, -0.1) is 0 Å². The van der Waals surface area contributed by atoms with Crippen molar-refractivity contribution in [3.05, 3.63) is 52.7 Å². The molecule has 0 aliphatic carbocycles. The number of nitrogens with zero attached hydrogens (tertiary/aromatic N) is 1. The molecule has 2 heterocycles. The molecule has 2 aromatic heterocycles. The first-order valence-electron chi connectivity index (χ1n) is 6.64. The van der Waals surface area contributed by atoms with Gasteiger partial charge in [0.25, 0.3) is 0 Å². The molecule has 19 heavy (non-hydrogen) atoms. The summed E-state index contributed by atoms with van der Waals surface area (Å²) in [4.78, 5) is 4.02. The van der Waals surface area contributed by atoms with Gasteiger partial charge in [0.05, 0.1) is 11.3 Å². The van der Waals surface area contributed by atoms with Crippen molar-refractivity contribution in [3.8, 4) is 0 Å². The molecule has 1 unspecified atom stereocenters. The van der Waals surface area contributed by atoms with Crippen LogP contribution in [0, 0.1) is 0 Å². The van der Waals surface area contributed by atoms with E-state index in [9.17, 15) is 0 Å². The van der Waals surface area contributed by atoms with Gasteiger partial charge in [-0.2, -0.15) is 0 Å². The van der Waals surface area contributed by atoms with E-state index in [1.165, 1.54) is 5.56 Å². The first-order valence-corrected chi connectivity index (χ1v) is 7.02. The van der Waals surface area contributed by atoms with Crippen LogP contribution in [0.5, 0.6) is 0 Å². The first-order chi connectivity index (χ1) is 9.26. The molecule has 1 atom stereocenters. The number of furan rings is 1. The Bertz CT molecular complexity index is 524. The molecule has 0 aliphatic rings. The molecule has 1 N–H and O–H groups in total. The fourth-order valence-electron chi connectivity index (χ4n) is 2.28. The SMILES string of the molecule is CCNC(Cc1ccncc1Cl)c1ccoc1CC. The Kier molecular flexibility index (Phi) is 5.00. The summed E-state index contributed by atoms with van der Waals surface area (Å²) in [5.74, 6) is 1.04. The highest BCUT2D eigenvalue weighted by molar-refractivity contribution is 6.31. The van der Waals surface area contributed by atoms with E-state index in [1.54, 1.807) is 18.7 Å². The van der Waals surface area contributed by atoms with Crippen LogP contribution >= 0.6 is 11.6 Å². The van der Waals surface area contributed by atoms with Crippen molar-refractivity contribution in [3.63, 3.8) is 0 Å². The van der Waals surface area contributed by atoms with Gasteiger partial charge in [0.1, 0.15) is 5.76 Å². The van der Waals surface area contributed by atoms with E-state index in [2.05, 4.69) is 24.1 Å². The molecular weight excluding hydrogens is 260 g/mol. The average molecular weight is 279 g/mol. The average Bonchev–Trinajstić information content (AvgIpc) is 2.89. The Morgan fingerprint density at radius 3 is 2.89 bits per heavy atom. The summed E-state index contributed by atoms with van der Waals surface area (Å²) >= 11 is 6.19. The number of rotatable bonds is 6. The van der Waals surface area contributed by atoms with Gasteiger partial charge in [-0.05, 0) is 30.7 Å². The second-order valence-corrected chi connectivity index (χ2v) is 4.84. The first kappa shape index (κ1) is 14.1. The molecule has 0 radical (unpaired) electrons. The topological polar surface area (TPSA) is 38.1 Å². The van der Waals surface area contributed by atoms with E-state index in [0.717, 1.165) is 30.7 Å². The molecule has 0 saturated carbocycles. The highest BCUT2D eigenvalue weighted by Crippen LogP contribution is 2.26. The Hall–Kier alpha value is -1.32. The lowest BCUT2D eigenvalue weighted by Crippen LogP contribution is -2.23. The van der Waals surface area contributed by atoms with Crippen LogP contribution in [0.2, 0.25) is 5.02 Å². The van der Waals surface area contributed by atoms with Gasteiger partial charge >= 0.3 is 0 Å². The van der Waals surface area contributed by atoms with Crippen molar-refractivity contribution in [2.45, 2.75) is 32.7 Å². The number of likely N-dealkylation sites (N-methyl/N-ethyl adjacent to an activating group) is 1. The van der Waals surface area contributed by atoms with E-state index in [0.29, 0.717) is 5.02 Å².